The summed E-state index contributed by atoms with van der Waals surface area (Å²) in [5.41, 5.74) is -1.31. The lowest BCUT2D eigenvalue weighted by atomic mass is 9.84. The maximum absolute atomic E-state index is 15.1. The molecule has 3 atom stereocenters. The van der Waals surface area contributed by atoms with E-state index >= 15 is 4.39 Å². The summed E-state index contributed by atoms with van der Waals surface area (Å²) in [5, 5.41) is 20.8. The number of piperazine rings is 1. The Hall–Kier alpha value is -3.74. The number of amides is 1. The number of rotatable bonds is 8. The lowest BCUT2D eigenvalue weighted by molar-refractivity contribution is -0.126. The van der Waals surface area contributed by atoms with Gasteiger partial charge in [-0.1, -0.05) is 22.8 Å². The summed E-state index contributed by atoms with van der Waals surface area (Å²) in [7, 11) is 0. The Morgan fingerprint density at radius 1 is 1.24 bits per heavy atom. The molecule has 10 nitrogen and oxygen atoms in total. The lowest BCUT2D eigenvalue weighted by Gasteiger charge is -2.47. The van der Waals surface area contributed by atoms with E-state index < -0.39 is 29.3 Å². The van der Waals surface area contributed by atoms with Crippen molar-refractivity contribution in [3.05, 3.63) is 83.2 Å². The minimum atomic E-state index is -1.88. The molecular weight excluding hydrogens is 520 g/mol. The largest absolute Gasteiger partial charge is 0.381 e. The van der Waals surface area contributed by atoms with Crippen LogP contribution in [-0.4, -0.2) is 71.9 Å². The van der Waals surface area contributed by atoms with Crippen LogP contribution in [0.3, 0.4) is 0 Å². The number of nitrogens with zero attached hydrogens (tertiary/aromatic N) is 7. The van der Waals surface area contributed by atoms with Gasteiger partial charge in [-0.15, -0.1) is 0 Å². The Bertz CT molecular complexity index is 1400. The Morgan fingerprint density at radius 3 is 2.71 bits per heavy atom. The Labute approximate surface area is 221 Å². The van der Waals surface area contributed by atoms with E-state index in [1.54, 1.807) is 36.1 Å². The highest BCUT2D eigenvalue weighted by molar-refractivity contribution is 6.30. The molecule has 13 heteroatoms. The van der Waals surface area contributed by atoms with E-state index in [2.05, 4.69) is 20.2 Å². The van der Waals surface area contributed by atoms with Gasteiger partial charge in [0.15, 0.2) is 0 Å². The first-order chi connectivity index (χ1) is 18.3. The molecule has 0 radical (unpaired) electrons. The van der Waals surface area contributed by atoms with Crippen molar-refractivity contribution in [2.24, 2.45) is 0 Å². The molecular formula is C25H24ClF2N7O3. The van der Waals surface area contributed by atoms with Crippen LogP contribution in [0.5, 0.6) is 0 Å². The number of hydrogen-bond donors (Lipinski definition) is 1. The van der Waals surface area contributed by atoms with Crippen LogP contribution in [0, 0.1) is 11.6 Å². The molecule has 0 aliphatic carbocycles. The second kappa shape index (κ2) is 10.6. The number of aromatic nitrogens is 5. The predicted octanol–water partition coefficient (Wildman–Crippen LogP) is 3.05. The molecule has 2 aromatic carbocycles. The fraction of sp³-hybridized carbons (Fsp3) is 0.320. The van der Waals surface area contributed by atoms with E-state index in [-0.39, 0.29) is 24.5 Å². The van der Waals surface area contributed by atoms with Gasteiger partial charge in [-0.2, -0.15) is 10.1 Å². The van der Waals surface area contributed by atoms with Crippen LogP contribution in [0.1, 0.15) is 24.4 Å². The first-order valence-electron chi connectivity index (χ1n) is 11.8. The second-order valence-electron chi connectivity index (χ2n) is 9.13. The van der Waals surface area contributed by atoms with Gasteiger partial charge in [-0.25, -0.2) is 18.4 Å². The van der Waals surface area contributed by atoms with Crippen molar-refractivity contribution >= 4 is 18.0 Å². The average molecular weight is 544 g/mol. The highest BCUT2D eigenvalue weighted by Gasteiger charge is 2.46. The van der Waals surface area contributed by atoms with E-state index in [1.165, 1.54) is 23.4 Å². The molecule has 1 aliphatic heterocycles. The normalized spacial score (nSPS) is 18.8. The van der Waals surface area contributed by atoms with Gasteiger partial charge in [0.1, 0.15) is 35.9 Å². The molecule has 1 amide bonds. The third-order valence-corrected chi connectivity index (χ3v) is 7.14. The molecule has 1 saturated heterocycles. The molecule has 2 aromatic heterocycles. The zero-order chi connectivity index (χ0) is 26.9. The van der Waals surface area contributed by atoms with Crippen molar-refractivity contribution in [2.45, 2.75) is 31.2 Å². The Morgan fingerprint density at radius 2 is 2.03 bits per heavy atom. The summed E-state index contributed by atoms with van der Waals surface area (Å²) < 4.78 is 35.8. The second-order valence-corrected chi connectivity index (χ2v) is 9.57. The molecule has 4 aromatic rings. The van der Waals surface area contributed by atoms with Crippen LogP contribution in [0.15, 0.2) is 59.6 Å². The van der Waals surface area contributed by atoms with Crippen molar-refractivity contribution in [3.8, 4) is 11.4 Å². The SMILES string of the molecule is C[C@@H](N1CCN(C=O)CC1c1nc(-c2ccc(Cl)cc2)no1)[C@](O)(Cn1cncn1)c1ccc(F)cc1F. The Balaban J connectivity index is 1.53. The first-order valence-corrected chi connectivity index (χ1v) is 12.2. The smallest absolute Gasteiger partial charge is 0.246 e. The highest BCUT2D eigenvalue weighted by atomic mass is 35.5. The standard InChI is InChI=1S/C25H24ClF2N7O3/c1-16(25(37,12-34-14-29-13-30-34)20-7-6-19(27)10-21(20)28)35-9-8-33(15-36)11-22(35)24-31-23(32-38-24)17-2-4-18(26)5-3-17/h2-7,10,13-16,22,37H,8-9,11-12H2,1H3/t16-,22?,25-/m1/s1. The average Bonchev–Trinajstić information content (AvgIpc) is 3.61. The van der Waals surface area contributed by atoms with Crippen molar-refractivity contribution in [3.63, 3.8) is 0 Å². The van der Waals surface area contributed by atoms with Crippen LogP contribution in [-0.2, 0) is 16.9 Å². The highest BCUT2D eigenvalue weighted by Crippen LogP contribution is 2.37. The number of carbonyl (C=O) groups excluding carboxylic acids is 1. The van der Waals surface area contributed by atoms with Crippen LogP contribution in [0.25, 0.3) is 11.4 Å². The number of aliphatic hydroxyl groups is 1. The lowest BCUT2D eigenvalue weighted by Crippen LogP contribution is -2.58. The maximum atomic E-state index is 15.1. The maximum Gasteiger partial charge on any atom is 0.246 e. The molecule has 0 spiro atoms. The topological polar surface area (TPSA) is 113 Å². The van der Waals surface area contributed by atoms with Crippen LogP contribution < -0.4 is 0 Å². The summed E-state index contributed by atoms with van der Waals surface area (Å²) in [5.74, 6) is -1.11. The first kappa shape index (κ1) is 25.9. The third-order valence-electron chi connectivity index (χ3n) is 6.89. The van der Waals surface area contributed by atoms with Gasteiger partial charge in [0.05, 0.1) is 6.54 Å². The molecule has 5 rings (SSSR count). The number of carbonyl (C=O) groups is 1. The molecule has 38 heavy (non-hydrogen) atoms. The number of hydrogen-bond acceptors (Lipinski definition) is 8. The van der Waals surface area contributed by atoms with E-state index in [1.807, 2.05) is 4.90 Å². The molecule has 1 aliphatic rings. The van der Waals surface area contributed by atoms with Crippen LogP contribution >= 0.6 is 11.6 Å². The van der Waals surface area contributed by atoms with Crippen molar-refractivity contribution < 1.29 is 23.2 Å². The van der Waals surface area contributed by atoms with E-state index in [9.17, 15) is 14.3 Å². The number of halogens is 3. The molecule has 3 heterocycles. The molecule has 1 N–H and O–H groups in total. The van der Waals surface area contributed by atoms with Gasteiger partial charge in [0.2, 0.25) is 18.1 Å². The predicted molar refractivity (Wildman–Crippen MR) is 132 cm³/mol. The Kier molecular flexibility index (Phi) is 7.19. The molecule has 0 bridgehead atoms. The van der Waals surface area contributed by atoms with Gasteiger partial charge < -0.3 is 14.5 Å². The van der Waals surface area contributed by atoms with Crippen LogP contribution in [0.2, 0.25) is 5.02 Å². The van der Waals surface area contributed by atoms with Crippen molar-refractivity contribution in [1.29, 1.82) is 0 Å². The third kappa shape index (κ3) is 5.02. The summed E-state index contributed by atoms with van der Waals surface area (Å²) in [6.07, 6.45) is 3.43. The summed E-state index contributed by atoms with van der Waals surface area (Å²) in [4.78, 5) is 23.6. The van der Waals surface area contributed by atoms with E-state index in [4.69, 9.17) is 16.1 Å². The van der Waals surface area contributed by atoms with Gasteiger partial charge in [0.25, 0.3) is 0 Å². The zero-order valence-electron chi connectivity index (χ0n) is 20.3. The molecule has 198 valence electrons. The van der Waals surface area contributed by atoms with Crippen molar-refractivity contribution in [1.82, 2.24) is 34.7 Å². The fourth-order valence-corrected chi connectivity index (χ4v) is 4.93. The van der Waals surface area contributed by atoms with Crippen molar-refractivity contribution in [2.75, 3.05) is 19.6 Å². The molecule has 0 saturated carbocycles. The summed E-state index contributed by atoms with van der Waals surface area (Å²) in [6, 6.07) is 8.56. The molecule has 1 fully saturated rings. The zero-order valence-corrected chi connectivity index (χ0v) is 21.0. The van der Waals surface area contributed by atoms with E-state index in [0.29, 0.717) is 29.5 Å². The summed E-state index contributed by atoms with van der Waals surface area (Å²) in [6.45, 7) is 2.41. The minimum Gasteiger partial charge on any atom is -0.381 e. The molecule has 1 unspecified atom stereocenters. The monoisotopic (exact) mass is 543 g/mol. The van der Waals surface area contributed by atoms with Gasteiger partial charge in [-0.05, 0) is 37.3 Å². The quantitative estimate of drug-likeness (QED) is 0.337. The van der Waals surface area contributed by atoms with Crippen LogP contribution in [0.4, 0.5) is 8.78 Å². The van der Waals surface area contributed by atoms with Gasteiger partial charge >= 0.3 is 0 Å². The summed E-state index contributed by atoms with van der Waals surface area (Å²) >= 11 is 5.98. The number of benzene rings is 2. The minimum absolute atomic E-state index is 0.106. The van der Waals surface area contributed by atoms with E-state index in [0.717, 1.165) is 18.5 Å². The fourth-order valence-electron chi connectivity index (χ4n) is 4.80. The van der Waals surface area contributed by atoms with Gasteiger partial charge in [0, 0.05) is 47.9 Å². The van der Waals surface area contributed by atoms with Gasteiger partial charge in [-0.3, -0.25) is 9.69 Å².